The number of hydrogen-bond acceptors (Lipinski definition) is 5. The topological polar surface area (TPSA) is 59.2 Å². The molecular weight excluding hydrogens is 454 g/mol. The van der Waals surface area contributed by atoms with E-state index in [-0.39, 0.29) is 11.9 Å². The molecule has 3 aromatic carbocycles. The van der Waals surface area contributed by atoms with Crippen molar-refractivity contribution in [3.05, 3.63) is 89.3 Å². The second-order valence-electron chi connectivity index (χ2n) is 9.09. The number of carbonyl (C=O) groups is 1. The zero-order valence-corrected chi connectivity index (χ0v) is 20.3. The van der Waals surface area contributed by atoms with Crippen LogP contribution in [0.3, 0.4) is 0 Å². The molecule has 1 aliphatic carbocycles. The van der Waals surface area contributed by atoms with Crippen molar-refractivity contribution >= 4 is 35.5 Å². The Balaban J connectivity index is 1.34. The van der Waals surface area contributed by atoms with Crippen molar-refractivity contribution in [1.82, 2.24) is 10.1 Å². The van der Waals surface area contributed by atoms with Crippen LogP contribution in [0.25, 0.3) is 23.5 Å². The normalized spacial score (nSPS) is 15.9. The Labute approximate surface area is 208 Å². The molecule has 5 nitrogen and oxygen atoms in total. The summed E-state index contributed by atoms with van der Waals surface area (Å²) in [6, 6.07) is 22.5. The molecule has 0 saturated heterocycles. The van der Waals surface area contributed by atoms with Crippen LogP contribution < -0.4 is 4.90 Å². The molecule has 2 aliphatic rings. The third kappa shape index (κ3) is 4.30. The molecule has 1 saturated carbocycles. The molecule has 0 unspecified atom stereocenters. The first kappa shape index (κ1) is 21.9. The third-order valence-electron chi connectivity index (χ3n) is 6.66. The maximum Gasteiger partial charge on any atom is 0.259 e. The van der Waals surface area contributed by atoms with Gasteiger partial charge in [-0.2, -0.15) is 4.98 Å². The fourth-order valence-corrected chi connectivity index (χ4v) is 5.92. The fraction of sp³-hybridized carbons (Fsp3) is 0.207. The largest absolute Gasteiger partial charge is 0.334 e. The van der Waals surface area contributed by atoms with Crippen molar-refractivity contribution < 1.29 is 9.32 Å². The maximum atomic E-state index is 13.6. The summed E-state index contributed by atoms with van der Waals surface area (Å²) in [4.78, 5) is 22.2. The summed E-state index contributed by atoms with van der Waals surface area (Å²) in [5.74, 6) is 1.08. The van der Waals surface area contributed by atoms with Crippen LogP contribution in [0, 0.1) is 6.92 Å². The van der Waals surface area contributed by atoms with Crippen molar-refractivity contribution in [2.24, 2.45) is 0 Å². The van der Waals surface area contributed by atoms with Gasteiger partial charge in [0.05, 0.1) is 11.3 Å². The van der Waals surface area contributed by atoms with Crippen molar-refractivity contribution in [1.29, 1.82) is 0 Å². The van der Waals surface area contributed by atoms with E-state index in [4.69, 9.17) is 4.52 Å². The van der Waals surface area contributed by atoms with Crippen LogP contribution in [-0.4, -0.2) is 22.1 Å². The number of aromatic nitrogens is 2. The van der Waals surface area contributed by atoms with E-state index in [1.807, 2.05) is 53.5 Å². The Hall–Kier alpha value is -3.64. The second-order valence-corrected chi connectivity index (χ2v) is 10.2. The van der Waals surface area contributed by atoms with Gasteiger partial charge in [0.15, 0.2) is 0 Å². The van der Waals surface area contributed by atoms with Crippen LogP contribution in [0.4, 0.5) is 5.69 Å². The number of anilines is 1. The monoisotopic (exact) mass is 479 g/mol. The fourth-order valence-electron chi connectivity index (χ4n) is 4.81. The van der Waals surface area contributed by atoms with Crippen molar-refractivity contribution in [3.63, 3.8) is 0 Å². The van der Waals surface area contributed by atoms with E-state index in [1.165, 1.54) is 18.4 Å². The molecule has 0 radical (unpaired) electrons. The molecule has 2 heterocycles. The van der Waals surface area contributed by atoms with Crippen LogP contribution in [0.2, 0.25) is 0 Å². The van der Waals surface area contributed by atoms with Gasteiger partial charge < -0.3 is 9.42 Å². The van der Waals surface area contributed by atoms with Gasteiger partial charge in [0.25, 0.3) is 11.8 Å². The average molecular weight is 480 g/mol. The zero-order chi connectivity index (χ0) is 23.8. The van der Waals surface area contributed by atoms with Gasteiger partial charge in [-0.1, -0.05) is 71.7 Å². The number of amides is 1. The summed E-state index contributed by atoms with van der Waals surface area (Å²) in [7, 11) is 0. The SMILES string of the molecule is Cc1ccc(/C=C/c2nc(-c3ccc4c(c3)Sc3ccccc3C(=O)N4C3CCCC3)no2)cc1. The number of fused-ring (bicyclic) bond motifs is 2. The molecule has 1 aliphatic heterocycles. The number of hydrogen-bond donors (Lipinski definition) is 0. The molecular formula is C29H25N3O2S. The predicted molar refractivity (Wildman–Crippen MR) is 139 cm³/mol. The standard InChI is InChI=1S/C29H25N3O2S/c1-19-10-12-20(13-11-19)14-17-27-30-28(31-34-27)21-15-16-24-26(18-21)35-25-9-5-4-8-23(25)29(33)32(24)22-6-2-3-7-22/h4-5,8-18,22H,2-3,6-7H2,1H3/b17-14+. The molecule has 4 aromatic rings. The molecule has 174 valence electrons. The lowest BCUT2D eigenvalue weighted by Gasteiger charge is -2.29. The van der Waals surface area contributed by atoms with Gasteiger partial charge in [0.1, 0.15) is 0 Å². The lowest BCUT2D eigenvalue weighted by molar-refractivity contribution is 0.0974. The summed E-state index contributed by atoms with van der Waals surface area (Å²) < 4.78 is 5.49. The molecule has 6 heteroatoms. The van der Waals surface area contributed by atoms with Crippen molar-refractivity contribution in [3.8, 4) is 11.4 Å². The van der Waals surface area contributed by atoms with E-state index in [0.717, 1.165) is 45.0 Å². The molecule has 1 amide bonds. The minimum absolute atomic E-state index is 0.0922. The number of nitrogens with zero attached hydrogens (tertiary/aromatic N) is 3. The van der Waals surface area contributed by atoms with Gasteiger partial charge in [-0.25, -0.2) is 0 Å². The van der Waals surface area contributed by atoms with E-state index in [0.29, 0.717) is 11.7 Å². The van der Waals surface area contributed by atoms with E-state index in [9.17, 15) is 4.79 Å². The summed E-state index contributed by atoms with van der Waals surface area (Å²) in [6.45, 7) is 2.07. The van der Waals surface area contributed by atoms with E-state index in [1.54, 1.807) is 11.8 Å². The zero-order valence-electron chi connectivity index (χ0n) is 19.5. The highest BCUT2D eigenvalue weighted by atomic mass is 32.2. The average Bonchev–Trinajstić information content (AvgIpc) is 3.56. The van der Waals surface area contributed by atoms with Crippen LogP contribution in [0.1, 0.15) is 53.1 Å². The summed E-state index contributed by atoms with van der Waals surface area (Å²) >= 11 is 1.63. The highest BCUT2D eigenvalue weighted by Gasteiger charge is 2.34. The molecule has 6 rings (SSSR count). The molecule has 0 N–H and O–H groups in total. The molecule has 0 bridgehead atoms. The highest BCUT2D eigenvalue weighted by molar-refractivity contribution is 7.99. The van der Waals surface area contributed by atoms with Gasteiger partial charge in [-0.15, -0.1) is 0 Å². The maximum absolute atomic E-state index is 13.6. The molecule has 0 atom stereocenters. The Morgan fingerprint density at radius 2 is 1.77 bits per heavy atom. The number of benzene rings is 3. The smallest absolute Gasteiger partial charge is 0.259 e. The predicted octanol–water partition coefficient (Wildman–Crippen LogP) is 7.27. The van der Waals surface area contributed by atoms with Crippen LogP contribution in [0.5, 0.6) is 0 Å². The lowest BCUT2D eigenvalue weighted by Crippen LogP contribution is -2.39. The summed E-state index contributed by atoms with van der Waals surface area (Å²) in [5, 5.41) is 4.21. The van der Waals surface area contributed by atoms with Crippen LogP contribution in [0.15, 0.2) is 81.0 Å². The lowest BCUT2D eigenvalue weighted by atomic mass is 10.1. The molecule has 1 aromatic heterocycles. The van der Waals surface area contributed by atoms with Gasteiger partial charge in [0, 0.05) is 27.5 Å². The van der Waals surface area contributed by atoms with Crippen LogP contribution in [-0.2, 0) is 0 Å². The second kappa shape index (κ2) is 9.19. The minimum atomic E-state index is 0.0922. The van der Waals surface area contributed by atoms with E-state index < -0.39 is 0 Å². The van der Waals surface area contributed by atoms with Gasteiger partial charge in [-0.3, -0.25) is 4.79 Å². The summed E-state index contributed by atoms with van der Waals surface area (Å²) in [5.41, 5.74) is 4.90. The van der Waals surface area contributed by atoms with Gasteiger partial charge >= 0.3 is 0 Å². The number of aryl methyl sites for hydroxylation is 1. The van der Waals surface area contributed by atoms with Gasteiger partial charge in [0.2, 0.25) is 5.82 Å². The number of carbonyl (C=O) groups excluding carboxylic acids is 1. The first-order valence-corrected chi connectivity index (χ1v) is 12.8. The Morgan fingerprint density at radius 1 is 0.971 bits per heavy atom. The highest BCUT2D eigenvalue weighted by Crippen LogP contribution is 2.45. The van der Waals surface area contributed by atoms with Gasteiger partial charge in [-0.05, 0) is 61.7 Å². The van der Waals surface area contributed by atoms with E-state index >= 15 is 0 Å². The van der Waals surface area contributed by atoms with E-state index in [2.05, 4.69) is 47.4 Å². The first-order chi connectivity index (χ1) is 17.2. The Morgan fingerprint density at radius 3 is 2.60 bits per heavy atom. The summed E-state index contributed by atoms with van der Waals surface area (Å²) in [6.07, 6.45) is 8.21. The molecule has 35 heavy (non-hydrogen) atoms. The molecule has 0 spiro atoms. The quantitative estimate of drug-likeness (QED) is 0.308. The van der Waals surface area contributed by atoms with Crippen molar-refractivity contribution in [2.45, 2.75) is 48.4 Å². The van der Waals surface area contributed by atoms with Crippen molar-refractivity contribution in [2.75, 3.05) is 4.90 Å². The number of rotatable bonds is 4. The Kier molecular flexibility index (Phi) is 5.74. The third-order valence-corrected chi connectivity index (χ3v) is 7.78. The van der Waals surface area contributed by atoms with Crippen LogP contribution >= 0.6 is 11.8 Å². The first-order valence-electron chi connectivity index (χ1n) is 12.0. The molecule has 1 fully saturated rings. The minimum Gasteiger partial charge on any atom is -0.334 e. The Bertz CT molecular complexity index is 1420.